The molecule has 1 aliphatic rings. The molecule has 0 amide bonds. The first-order valence-corrected chi connectivity index (χ1v) is 9.82. The number of hydrogen-bond donors (Lipinski definition) is 2. The van der Waals surface area contributed by atoms with Crippen LogP contribution in [-0.2, 0) is 0 Å². The molecule has 2 N–H and O–H groups in total. The molecule has 4 rings (SSSR count). The summed E-state index contributed by atoms with van der Waals surface area (Å²) in [5.74, 6) is 1.70. The van der Waals surface area contributed by atoms with Crippen molar-refractivity contribution in [2.75, 3.05) is 28.6 Å². The van der Waals surface area contributed by atoms with Crippen LogP contribution in [0.5, 0.6) is 0 Å². The van der Waals surface area contributed by atoms with Crippen molar-refractivity contribution in [2.24, 2.45) is 0 Å². The molecular weight excluding hydrogens is 372 g/mol. The lowest BCUT2D eigenvalue weighted by molar-refractivity contribution is 0.886. The summed E-state index contributed by atoms with van der Waals surface area (Å²) < 4.78 is 0. The number of rotatable bonds is 5. The van der Waals surface area contributed by atoms with E-state index in [-0.39, 0.29) is 0 Å². The highest BCUT2D eigenvalue weighted by atomic mass is 35.5. The van der Waals surface area contributed by atoms with Gasteiger partial charge in [0.2, 0.25) is 17.8 Å². The van der Waals surface area contributed by atoms with Crippen LogP contribution in [0.15, 0.2) is 42.5 Å². The van der Waals surface area contributed by atoms with Crippen molar-refractivity contribution in [1.29, 1.82) is 0 Å². The van der Waals surface area contributed by atoms with Gasteiger partial charge < -0.3 is 15.5 Å². The van der Waals surface area contributed by atoms with Crippen LogP contribution in [-0.4, -0.2) is 28.0 Å². The lowest BCUT2D eigenvalue weighted by Gasteiger charge is -2.17. The van der Waals surface area contributed by atoms with Gasteiger partial charge in [-0.15, -0.1) is 0 Å². The second-order valence-corrected chi connectivity index (χ2v) is 7.55. The molecule has 28 heavy (non-hydrogen) atoms. The number of anilines is 5. The zero-order valence-corrected chi connectivity index (χ0v) is 16.8. The van der Waals surface area contributed by atoms with Gasteiger partial charge in [0.1, 0.15) is 0 Å². The van der Waals surface area contributed by atoms with Crippen molar-refractivity contribution in [2.45, 2.75) is 26.7 Å². The van der Waals surface area contributed by atoms with Gasteiger partial charge in [-0.3, -0.25) is 0 Å². The van der Waals surface area contributed by atoms with E-state index in [1.165, 1.54) is 11.1 Å². The van der Waals surface area contributed by atoms with E-state index in [0.717, 1.165) is 37.3 Å². The smallest absolute Gasteiger partial charge is 0.233 e. The fourth-order valence-electron chi connectivity index (χ4n) is 3.41. The molecule has 3 aromatic rings. The number of aryl methyl sites for hydroxylation is 2. The third kappa shape index (κ3) is 4.51. The standard InChI is InChI=1S/C21H23ClN6/c1-14-10-15(2)12-18(11-14)24-20-25-19(23-17-7-5-6-16(22)13-17)26-21(27-20)28-8-3-4-9-28/h5-7,10-13H,3-4,8-9H2,1-2H3,(H2,23,24,25,26,27). The molecule has 1 fully saturated rings. The maximum Gasteiger partial charge on any atom is 0.233 e. The molecule has 0 aliphatic carbocycles. The molecule has 0 bridgehead atoms. The van der Waals surface area contributed by atoms with E-state index in [4.69, 9.17) is 11.6 Å². The number of hydrogen-bond acceptors (Lipinski definition) is 6. The molecule has 0 atom stereocenters. The molecule has 1 saturated heterocycles. The van der Waals surface area contributed by atoms with Crippen molar-refractivity contribution < 1.29 is 0 Å². The van der Waals surface area contributed by atoms with Gasteiger partial charge in [-0.1, -0.05) is 23.7 Å². The minimum Gasteiger partial charge on any atom is -0.341 e. The summed E-state index contributed by atoms with van der Waals surface area (Å²) in [7, 11) is 0. The van der Waals surface area contributed by atoms with Crippen molar-refractivity contribution in [1.82, 2.24) is 15.0 Å². The molecule has 0 saturated carbocycles. The van der Waals surface area contributed by atoms with Crippen molar-refractivity contribution in [3.05, 3.63) is 58.6 Å². The Morgan fingerprint density at radius 2 is 1.46 bits per heavy atom. The Bertz CT molecular complexity index is 964. The number of aromatic nitrogens is 3. The average Bonchev–Trinajstić information content (AvgIpc) is 3.15. The van der Waals surface area contributed by atoms with E-state index in [9.17, 15) is 0 Å². The fourth-order valence-corrected chi connectivity index (χ4v) is 3.60. The zero-order valence-electron chi connectivity index (χ0n) is 16.0. The van der Waals surface area contributed by atoms with Gasteiger partial charge >= 0.3 is 0 Å². The van der Waals surface area contributed by atoms with Crippen LogP contribution in [0.4, 0.5) is 29.2 Å². The van der Waals surface area contributed by atoms with Crippen LogP contribution in [0.1, 0.15) is 24.0 Å². The summed E-state index contributed by atoms with van der Waals surface area (Å²) in [4.78, 5) is 16.0. The van der Waals surface area contributed by atoms with E-state index in [1.54, 1.807) is 0 Å². The molecule has 0 unspecified atom stereocenters. The van der Waals surface area contributed by atoms with Gasteiger partial charge in [0.15, 0.2) is 0 Å². The normalized spacial score (nSPS) is 13.6. The first-order chi connectivity index (χ1) is 13.5. The highest BCUT2D eigenvalue weighted by molar-refractivity contribution is 6.30. The fraction of sp³-hybridized carbons (Fsp3) is 0.286. The number of nitrogens with zero attached hydrogens (tertiary/aromatic N) is 4. The molecule has 6 nitrogen and oxygen atoms in total. The lowest BCUT2D eigenvalue weighted by Crippen LogP contribution is -2.21. The lowest BCUT2D eigenvalue weighted by atomic mass is 10.1. The summed E-state index contributed by atoms with van der Waals surface area (Å²) in [5, 5.41) is 7.24. The van der Waals surface area contributed by atoms with Crippen LogP contribution in [0, 0.1) is 13.8 Å². The van der Waals surface area contributed by atoms with Gasteiger partial charge in [0.25, 0.3) is 0 Å². The zero-order chi connectivity index (χ0) is 19.5. The molecular formula is C21H23ClN6. The van der Waals surface area contributed by atoms with Gasteiger partial charge in [0, 0.05) is 29.5 Å². The Labute approximate surface area is 170 Å². The molecule has 0 spiro atoms. The maximum absolute atomic E-state index is 6.10. The Hall–Kier alpha value is -2.86. The highest BCUT2D eigenvalue weighted by Crippen LogP contribution is 2.24. The number of nitrogens with one attached hydrogen (secondary N) is 2. The van der Waals surface area contributed by atoms with Crippen LogP contribution in [0.2, 0.25) is 5.02 Å². The quantitative estimate of drug-likeness (QED) is 0.617. The summed E-state index contributed by atoms with van der Waals surface area (Å²) in [5.41, 5.74) is 4.18. The first kappa shape index (κ1) is 18.5. The summed E-state index contributed by atoms with van der Waals surface area (Å²) in [6.45, 7) is 6.08. The molecule has 1 aromatic heterocycles. The Morgan fingerprint density at radius 3 is 2.11 bits per heavy atom. The second-order valence-electron chi connectivity index (χ2n) is 7.11. The number of benzene rings is 2. The molecule has 2 heterocycles. The van der Waals surface area contributed by atoms with E-state index in [0.29, 0.717) is 22.9 Å². The third-order valence-corrected chi connectivity index (χ3v) is 4.81. The summed E-state index contributed by atoms with van der Waals surface area (Å²) in [6, 6.07) is 13.8. The Balaban J connectivity index is 1.67. The monoisotopic (exact) mass is 394 g/mol. The minimum absolute atomic E-state index is 0.492. The molecule has 7 heteroatoms. The van der Waals surface area contributed by atoms with E-state index >= 15 is 0 Å². The van der Waals surface area contributed by atoms with Crippen LogP contribution >= 0.6 is 11.6 Å². The van der Waals surface area contributed by atoms with Gasteiger partial charge in [-0.25, -0.2) is 0 Å². The third-order valence-electron chi connectivity index (χ3n) is 4.57. The first-order valence-electron chi connectivity index (χ1n) is 9.44. The van der Waals surface area contributed by atoms with E-state index in [2.05, 4.69) is 62.5 Å². The van der Waals surface area contributed by atoms with Gasteiger partial charge in [-0.05, 0) is 68.1 Å². The predicted octanol–water partition coefficient (Wildman–Crippen LogP) is 5.23. The molecule has 144 valence electrons. The highest BCUT2D eigenvalue weighted by Gasteiger charge is 2.18. The largest absolute Gasteiger partial charge is 0.341 e. The van der Waals surface area contributed by atoms with Crippen LogP contribution in [0.25, 0.3) is 0 Å². The van der Waals surface area contributed by atoms with Gasteiger partial charge in [-0.2, -0.15) is 15.0 Å². The molecule has 0 radical (unpaired) electrons. The summed E-state index contributed by atoms with van der Waals surface area (Å²) in [6.07, 6.45) is 2.31. The average molecular weight is 395 g/mol. The Morgan fingerprint density at radius 1 is 0.821 bits per heavy atom. The Kier molecular flexibility index (Phi) is 5.30. The van der Waals surface area contributed by atoms with Crippen molar-refractivity contribution in [3.8, 4) is 0 Å². The summed E-state index contributed by atoms with van der Waals surface area (Å²) >= 11 is 6.10. The predicted molar refractivity (Wildman–Crippen MR) is 115 cm³/mol. The number of halogens is 1. The van der Waals surface area contributed by atoms with Crippen molar-refractivity contribution in [3.63, 3.8) is 0 Å². The van der Waals surface area contributed by atoms with Gasteiger partial charge in [0.05, 0.1) is 0 Å². The molecule has 1 aliphatic heterocycles. The molecule has 2 aromatic carbocycles. The SMILES string of the molecule is Cc1cc(C)cc(Nc2nc(Nc3cccc(Cl)c3)nc(N3CCCC3)n2)c1. The minimum atomic E-state index is 0.492. The van der Waals surface area contributed by atoms with E-state index in [1.807, 2.05) is 24.3 Å². The van der Waals surface area contributed by atoms with E-state index < -0.39 is 0 Å². The maximum atomic E-state index is 6.10. The topological polar surface area (TPSA) is 66.0 Å². The van der Waals surface area contributed by atoms with Crippen molar-refractivity contribution >= 4 is 40.8 Å². The van der Waals surface area contributed by atoms with Crippen LogP contribution in [0.3, 0.4) is 0 Å². The van der Waals surface area contributed by atoms with Crippen LogP contribution < -0.4 is 15.5 Å². The second kappa shape index (κ2) is 8.02.